The maximum Gasteiger partial charge on any atom is 0.225 e. The summed E-state index contributed by atoms with van der Waals surface area (Å²) in [4.78, 5) is 18.2. The van der Waals surface area contributed by atoms with Crippen LogP contribution < -0.4 is 10.6 Å². The number of aliphatic hydroxyl groups is 3. The van der Waals surface area contributed by atoms with E-state index in [1.807, 2.05) is 19.9 Å². The molecule has 1 saturated carbocycles. The number of halogens is 3. The number of nitrogens with zero attached hydrogens (tertiary/aromatic N) is 4. The molecule has 1 aliphatic rings. The molecule has 3 aromatic heterocycles. The van der Waals surface area contributed by atoms with Crippen molar-refractivity contribution >= 4 is 33.3 Å². The number of hydrogen-bond acceptors (Lipinski definition) is 10. The first-order chi connectivity index (χ1) is 18.5. The fourth-order valence-electron chi connectivity index (χ4n) is 4.88. The lowest BCUT2D eigenvalue weighted by Gasteiger charge is -2.21. The Morgan fingerprint density at radius 3 is 2.33 bits per heavy atom. The third-order valence-corrected chi connectivity index (χ3v) is 7.89. The molecule has 0 aliphatic heterocycles. The molecule has 5 rings (SSSR count). The molecule has 1 fully saturated rings. The van der Waals surface area contributed by atoms with Gasteiger partial charge in [0, 0.05) is 42.5 Å². The monoisotopic (exact) mass is 560 g/mol. The van der Waals surface area contributed by atoms with E-state index in [1.165, 1.54) is 11.3 Å². The average Bonchev–Trinajstić information content (AvgIpc) is 3.39. The molecule has 0 saturated heterocycles. The summed E-state index contributed by atoms with van der Waals surface area (Å²) in [6.07, 6.45) is -2.02. The summed E-state index contributed by atoms with van der Waals surface area (Å²) in [6.45, 7) is 4.85. The van der Waals surface area contributed by atoms with Crippen molar-refractivity contribution in [1.82, 2.24) is 19.9 Å². The van der Waals surface area contributed by atoms with E-state index < -0.39 is 41.6 Å². The largest absolute Gasteiger partial charge is 0.396 e. The molecule has 39 heavy (non-hydrogen) atoms. The molecule has 0 bridgehead atoms. The van der Waals surface area contributed by atoms with Crippen molar-refractivity contribution in [2.24, 2.45) is 5.92 Å². The van der Waals surface area contributed by atoms with Gasteiger partial charge >= 0.3 is 0 Å². The van der Waals surface area contributed by atoms with Gasteiger partial charge in [-0.1, -0.05) is 0 Å². The fraction of sp³-hybridized carbons (Fsp3) is 0.385. The van der Waals surface area contributed by atoms with Gasteiger partial charge in [0.2, 0.25) is 5.95 Å². The van der Waals surface area contributed by atoms with Gasteiger partial charge in [-0.2, -0.15) is 4.98 Å². The number of aryl methyl sites for hydroxylation is 3. The molecular weight excluding hydrogens is 533 g/mol. The topological polar surface area (TPSA) is 136 Å². The molecule has 3 heterocycles. The zero-order valence-electron chi connectivity index (χ0n) is 21.3. The van der Waals surface area contributed by atoms with Crippen LogP contribution in [-0.4, -0.2) is 60.1 Å². The number of aliphatic hydroxyl groups excluding tert-OH is 3. The molecule has 206 valence electrons. The lowest BCUT2D eigenvalue weighted by molar-refractivity contribution is 0.00446. The fourth-order valence-corrected chi connectivity index (χ4v) is 6.09. The van der Waals surface area contributed by atoms with E-state index in [4.69, 9.17) is 4.98 Å². The number of thiazole rings is 1. The Morgan fingerprint density at radius 1 is 0.949 bits per heavy atom. The predicted molar refractivity (Wildman–Crippen MR) is 141 cm³/mol. The van der Waals surface area contributed by atoms with Crippen molar-refractivity contribution in [1.29, 1.82) is 0 Å². The molecular formula is C26H27F3N6O3S. The maximum atomic E-state index is 14.2. The number of fused-ring (bicyclic) bond motifs is 1. The SMILES string of the molecule is Cc1cc2sc(-c3c(C)nc(NCc4c(F)cc(F)cc4F)nc3NC3C[C@H](CO)[C@@H](O)[C@H]3O)nc2c(C)n1. The number of aromatic nitrogens is 4. The molecule has 5 N–H and O–H groups in total. The molecule has 1 aliphatic carbocycles. The highest BCUT2D eigenvalue weighted by atomic mass is 32.1. The van der Waals surface area contributed by atoms with Crippen LogP contribution in [0.2, 0.25) is 0 Å². The summed E-state index contributed by atoms with van der Waals surface area (Å²) < 4.78 is 42.6. The smallest absolute Gasteiger partial charge is 0.225 e. The van der Waals surface area contributed by atoms with E-state index in [-0.39, 0.29) is 36.9 Å². The number of nitrogens with one attached hydrogen (secondary N) is 2. The predicted octanol–water partition coefficient (Wildman–Crippen LogP) is 3.62. The van der Waals surface area contributed by atoms with Crippen LogP contribution in [0.4, 0.5) is 24.9 Å². The summed E-state index contributed by atoms with van der Waals surface area (Å²) in [5.74, 6) is -3.32. The number of rotatable bonds is 7. The van der Waals surface area contributed by atoms with Gasteiger partial charge in [0.05, 0.1) is 33.8 Å². The highest BCUT2D eigenvalue weighted by Gasteiger charge is 2.41. The van der Waals surface area contributed by atoms with Crippen LogP contribution in [0.5, 0.6) is 0 Å². The van der Waals surface area contributed by atoms with Gasteiger partial charge in [0.25, 0.3) is 0 Å². The Labute approximate surface area is 225 Å². The van der Waals surface area contributed by atoms with E-state index >= 15 is 0 Å². The molecule has 4 aromatic rings. The van der Waals surface area contributed by atoms with Crippen LogP contribution in [0.15, 0.2) is 18.2 Å². The Balaban J connectivity index is 1.55. The average molecular weight is 561 g/mol. The van der Waals surface area contributed by atoms with Crippen LogP contribution in [0.25, 0.3) is 20.8 Å². The molecule has 13 heteroatoms. The lowest BCUT2D eigenvalue weighted by Crippen LogP contribution is -2.35. The molecule has 1 aromatic carbocycles. The van der Waals surface area contributed by atoms with Gasteiger partial charge in [-0.15, -0.1) is 11.3 Å². The minimum Gasteiger partial charge on any atom is -0.396 e. The van der Waals surface area contributed by atoms with Crippen LogP contribution in [0, 0.1) is 44.1 Å². The number of pyridine rings is 1. The first-order valence-electron chi connectivity index (χ1n) is 12.3. The molecule has 0 radical (unpaired) electrons. The maximum absolute atomic E-state index is 14.2. The first-order valence-corrected chi connectivity index (χ1v) is 13.1. The van der Waals surface area contributed by atoms with Crippen molar-refractivity contribution in [3.63, 3.8) is 0 Å². The molecule has 4 atom stereocenters. The minimum atomic E-state index is -1.17. The zero-order chi connectivity index (χ0) is 28.0. The van der Waals surface area contributed by atoms with Gasteiger partial charge in [0.15, 0.2) is 0 Å². The standard InChI is InChI=1S/C26H27F3N6O3S/c1-10-4-19-21(12(3)31-10)34-25(39-19)20-11(2)32-26(30-8-15-16(28)6-14(27)7-17(15)29)35-24(20)33-18-5-13(9-36)22(37)23(18)38/h4,6-7,13,18,22-23,36-38H,5,8-9H2,1-3H3,(H2,30,32,33,35)/t13-,18?,22-,23+/m1/s1. The van der Waals surface area contributed by atoms with Crippen LogP contribution in [0.1, 0.15) is 29.1 Å². The summed E-state index contributed by atoms with van der Waals surface area (Å²) >= 11 is 1.41. The second-order valence-electron chi connectivity index (χ2n) is 9.68. The number of hydrogen-bond donors (Lipinski definition) is 5. The Morgan fingerprint density at radius 2 is 1.67 bits per heavy atom. The van der Waals surface area contributed by atoms with Gasteiger partial charge < -0.3 is 26.0 Å². The lowest BCUT2D eigenvalue weighted by atomic mass is 10.1. The molecule has 0 spiro atoms. The van der Waals surface area contributed by atoms with E-state index in [9.17, 15) is 28.5 Å². The summed E-state index contributed by atoms with van der Waals surface area (Å²) in [5.41, 5.74) is 3.00. The Bertz CT molecular complexity index is 1530. The highest BCUT2D eigenvalue weighted by molar-refractivity contribution is 7.21. The van der Waals surface area contributed by atoms with Crippen molar-refractivity contribution in [3.05, 3.63) is 58.3 Å². The zero-order valence-corrected chi connectivity index (χ0v) is 22.2. The van der Waals surface area contributed by atoms with E-state index in [0.717, 1.165) is 21.6 Å². The summed E-state index contributed by atoms with van der Waals surface area (Å²) in [7, 11) is 0. The van der Waals surface area contributed by atoms with E-state index in [2.05, 4.69) is 25.6 Å². The molecule has 1 unspecified atom stereocenters. The normalized spacial score (nSPS) is 21.1. The summed E-state index contributed by atoms with van der Waals surface area (Å²) in [5, 5.41) is 37.1. The third-order valence-electron chi connectivity index (χ3n) is 6.87. The number of benzene rings is 1. The summed E-state index contributed by atoms with van der Waals surface area (Å²) in [6, 6.07) is 2.47. The quantitative estimate of drug-likeness (QED) is 0.230. The van der Waals surface area contributed by atoms with Crippen molar-refractivity contribution < 1.29 is 28.5 Å². The molecule has 9 nitrogen and oxygen atoms in total. The van der Waals surface area contributed by atoms with E-state index in [0.29, 0.717) is 28.4 Å². The second-order valence-corrected chi connectivity index (χ2v) is 10.7. The van der Waals surface area contributed by atoms with Gasteiger partial charge in [-0.25, -0.2) is 23.1 Å². The first kappa shape index (κ1) is 27.2. The van der Waals surface area contributed by atoms with Crippen molar-refractivity contribution in [2.45, 2.75) is 52.0 Å². The highest BCUT2D eigenvalue weighted by Crippen LogP contribution is 2.38. The van der Waals surface area contributed by atoms with Crippen LogP contribution in [-0.2, 0) is 6.54 Å². The minimum absolute atomic E-state index is 0.0309. The van der Waals surface area contributed by atoms with Crippen molar-refractivity contribution in [3.8, 4) is 10.6 Å². The number of anilines is 2. The van der Waals surface area contributed by atoms with Crippen LogP contribution >= 0.6 is 11.3 Å². The molecule has 0 amide bonds. The Kier molecular flexibility index (Phi) is 7.42. The van der Waals surface area contributed by atoms with Gasteiger partial charge in [-0.05, 0) is 33.3 Å². The second kappa shape index (κ2) is 10.6. The van der Waals surface area contributed by atoms with E-state index in [1.54, 1.807) is 6.92 Å². The van der Waals surface area contributed by atoms with Crippen molar-refractivity contribution in [2.75, 3.05) is 17.2 Å². The van der Waals surface area contributed by atoms with Gasteiger partial charge in [-0.3, -0.25) is 4.98 Å². The third kappa shape index (κ3) is 5.26. The van der Waals surface area contributed by atoms with Crippen LogP contribution in [0.3, 0.4) is 0 Å². The van der Waals surface area contributed by atoms with Gasteiger partial charge in [0.1, 0.15) is 39.9 Å². The Hall–Kier alpha value is -3.39.